The highest BCUT2D eigenvalue weighted by Crippen LogP contribution is 2.26. The molecule has 1 unspecified atom stereocenters. The summed E-state index contributed by atoms with van der Waals surface area (Å²) in [5.74, 6) is 0.934. The highest BCUT2D eigenvalue weighted by atomic mass is 32.1. The van der Waals surface area contributed by atoms with E-state index < -0.39 is 0 Å². The van der Waals surface area contributed by atoms with E-state index >= 15 is 0 Å². The van der Waals surface area contributed by atoms with Gasteiger partial charge in [-0.3, -0.25) is 4.79 Å². The molecule has 16 heavy (non-hydrogen) atoms. The van der Waals surface area contributed by atoms with Crippen LogP contribution in [-0.4, -0.2) is 24.3 Å². The van der Waals surface area contributed by atoms with Gasteiger partial charge in [-0.1, -0.05) is 6.07 Å². The third kappa shape index (κ3) is 2.32. The minimum Gasteiger partial charge on any atom is -0.494 e. The molecule has 1 amide bonds. The molecule has 2 rings (SSSR count). The Labute approximate surface area is 101 Å². The molecular weight excluding hydrogens is 222 g/mol. The summed E-state index contributed by atoms with van der Waals surface area (Å²) < 4.78 is 5.41. The van der Waals surface area contributed by atoms with Crippen molar-refractivity contribution < 1.29 is 9.53 Å². The van der Waals surface area contributed by atoms with Crippen molar-refractivity contribution in [3.63, 3.8) is 0 Å². The summed E-state index contributed by atoms with van der Waals surface area (Å²) in [5, 5.41) is 0.142. The van der Waals surface area contributed by atoms with Crippen molar-refractivity contribution in [3.8, 4) is 5.75 Å². The van der Waals surface area contributed by atoms with Crippen LogP contribution in [0, 0.1) is 0 Å². The number of hydrogen-bond donors (Lipinski definition) is 1. The molecule has 4 heteroatoms. The average molecular weight is 237 g/mol. The molecule has 1 fully saturated rings. The Kier molecular flexibility index (Phi) is 3.39. The molecule has 1 saturated heterocycles. The van der Waals surface area contributed by atoms with E-state index in [1.807, 2.05) is 31.2 Å². The van der Waals surface area contributed by atoms with E-state index in [0.29, 0.717) is 19.6 Å². The van der Waals surface area contributed by atoms with E-state index in [1.165, 1.54) is 0 Å². The number of thiol groups is 1. The van der Waals surface area contributed by atoms with Crippen LogP contribution in [0.2, 0.25) is 0 Å². The molecule has 0 aromatic heterocycles. The van der Waals surface area contributed by atoms with Crippen LogP contribution in [0.25, 0.3) is 0 Å². The van der Waals surface area contributed by atoms with Gasteiger partial charge in [0.1, 0.15) is 5.75 Å². The quantitative estimate of drug-likeness (QED) is 0.816. The van der Waals surface area contributed by atoms with Gasteiger partial charge in [0.05, 0.1) is 6.61 Å². The molecule has 1 aliphatic rings. The standard InChI is InChI=1S/C12H15NO2S/c1-2-15-10-5-3-4-9(6-10)13-8-11(16)7-12(13)14/h3-6,11,16H,2,7-8H2,1H3. The monoisotopic (exact) mass is 237 g/mol. The summed E-state index contributed by atoms with van der Waals surface area (Å²) in [6, 6.07) is 7.62. The zero-order valence-corrected chi connectivity index (χ0v) is 10.1. The first kappa shape index (κ1) is 11.3. The second-order valence-electron chi connectivity index (χ2n) is 3.79. The van der Waals surface area contributed by atoms with Crippen molar-refractivity contribution in [2.24, 2.45) is 0 Å². The lowest BCUT2D eigenvalue weighted by Crippen LogP contribution is -2.24. The van der Waals surface area contributed by atoms with Crippen LogP contribution in [0.1, 0.15) is 13.3 Å². The molecule has 1 aromatic carbocycles. The Bertz CT molecular complexity index is 394. The van der Waals surface area contributed by atoms with Crippen molar-refractivity contribution in [1.29, 1.82) is 0 Å². The van der Waals surface area contributed by atoms with Crippen LogP contribution in [0.5, 0.6) is 5.75 Å². The van der Waals surface area contributed by atoms with Crippen molar-refractivity contribution in [1.82, 2.24) is 0 Å². The number of anilines is 1. The number of ether oxygens (including phenoxy) is 1. The normalized spacial score (nSPS) is 20.2. The van der Waals surface area contributed by atoms with Gasteiger partial charge >= 0.3 is 0 Å². The van der Waals surface area contributed by atoms with Gasteiger partial charge < -0.3 is 9.64 Å². The molecule has 1 atom stereocenters. The number of benzene rings is 1. The van der Waals surface area contributed by atoms with Crippen LogP contribution in [-0.2, 0) is 4.79 Å². The van der Waals surface area contributed by atoms with Crippen LogP contribution >= 0.6 is 12.6 Å². The minimum atomic E-state index is 0.133. The van der Waals surface area contributed by atoms with E-state index in [4.69, 9.17) is 4.74 Å². The predicted octanol–water partition coefficient (Wildman–Crippen LogP) is 2.12. The first-order chi connectivity index (χ1) is 7.70. The fourth-order valence-corrected chi connectivity index (χ4v) is 2.17. The minimum absolute atomic E-state index is 0.133. The van der Waals surface area contributed by atoms with E-state index in [1.54, 1.807) is 4.90 Å². The van der Waals surface area contributed by atoms with E-state index in [9.17, 15) is 4.79 Å². The summed E-state index contributed by atoms with van der Waals surface area (Å²) in [6.45, 7) is 3.25. The smallest absolute Gasteiger partial charge is 0.228 e. The molecule has 0 spiro atoms. The molecule has 86 valence electrons. The number of amides is 1. The second-order valence-corrected chi connectivity index (χ2v) is 4.52. The average Bonchev–Trinajstić information content (AvgIpc) is 2.59. The van der Waals surface area contributed by atoms with Gasteiger partial charge in [0.25, 0.3) is 0 Å². The fourth-order valence-electron chi connectivity index (χ4n) is 1.85. The topological polar surface area (TPSA) is 29.5 Å². The summed E-state index contributed by atoms with van der Waals surface area (Å²) >= 11 is 4.33. The Balaban J connectivity index is 2.20. The molecule has 0 N–H and O–H groups in total. The largest absolute Gasteiger partial charge is 0.494 e. The summed E-state index contributed by atoms with van der Waals surface area (Å²) in [7, 11) is 0. The van der Waals surface area contributed by atoms with Gasteiger partial charge in [-0.15, -0.1) is 0 Å². The van der Waals surface area contributed by atoms with Gasteiger partial charge in [0.2, 0.25) is 5.91 Å². The van der Waals surface area contributed by atoms with E-state index in [2.05, 4.69) is 12.6 Å². The number of hydrogen-bond acceptors (Lipinski definition) is 3. The summed E-state index contributed by atoms with van der Waals surface area (Å²) in [5.41, 5.74) is 0.896. The first-order valence-corrected chi connectivity index (χ1v) is 5.93. The summed E-state index contributed by atoms with van der Waals surface area (Å²) in [4.78, 5) is 13.5. The predicted molar refractivity (Wildman–Crippen MR) is 67.4 cm³/mol. The Morgan fingerprint density at radius 3 is 3.00 bits per heavy atom. The molecule has 0 aliphatic carbocycles. The van der Waals surface area contributed by atoms with E-state index in [-0.39, 0.29) is 11.2 Å². The van der Waals surface area contributed by atoms with Crippen LogP contribution in [0.3, 0.4) is 0 Å². The second kappa shape index (κ2) is 4.78. The molecule has 3 nitrogen and oxygen atoms in total. The maximum Gasteiger partial charge on any atom is 0.228 e. The van der Waals surface area contributed by atoms with Crippen LogP contribution in [0.15, 0.2) is 24.3 Å². The molecule has 0 saturated carbocycles. The van der Waals surface area contributed by atoms with Crippen LogP contribution in [0.4, 0.5) is 5.69 Å². The van der Waals surface area contributed by atoms with Gasteiger partial charge in [0.15, 0.2) is 0 Å². The lowest BCUT2D eigenvalue weighted by Gasteiger charge is -2.16. The number of carbonyl (C=O) groups is 1. The zero-order valence-electron chi connectivity index (χ0n) is 9.22. The maximum absolute atomic E-state index is 11.7. The Hall–Kier alpha value is -1.16. The Morgan fingerprint density at radius 2 is 2.38 bits per heavy atom. The van der Waals surface area contributed by atoms with E-state index in [0.717, 1.165) is 11.4 Å². The van der Waals surface area contributed by atoms with Crippen molar-refractivity contribution in [3.05, 3.63) is 24.3 Å². The molecule has 1 aliphatic heterocycles. The fraction of sp³-hybridized carbons (Fsp3) is 0.417. The van der Waals surface area contributed by atoms with Crippen LogP contribution < -0.4 is 9.64 Å². The first-order valence-electron chi connectivity index (χ1n) is 5.42. The SMILES string of the molecule is CCOc1cccc(N2CC(S)CC2=O)c1. The zero-order chi connectivity index (χ0) is 11.5. The lowest BCUT2D eigenvalue weighted by atomic mass is 10.3. The molecule has 0 bridgehead atoms. The molecule has 0 radical (unpaired) electrons. The van der Waals surface area contributed by atoms with Gasteiger partial charge in [-0.25, -0.2) is 0 Å². The van der Waals surface area contributed by atoms with Gasteiger partial charge in [-0.2, -0.15) is 12.6 Å². The number of carbonyl (C=O) groups excluding carboxylic acids is 1. The molecule has 1 heterocycles. The van der Waals surface area contributed by atoms with Gasteiger partial charge in [-0.05, 0) is 19.1 Å². The third-order valence-electron chi connectivity index (χ3n) is 2.54. The maximum atomic E-state index is 11.7. The molecular formula is C12H15NO2S. The highest BCUT2D eigenvalue weighted by Gasteiger charge is 2.28. The van der Waals surface area contributed by atoms with Gasteiger partial charge in [0, 0.05) is 30.0 Å². The van der Waals surface area contributed by atoms with Crippen molar-refractivity contribution in [2.75, 3.05) is 18.1 Å². The number of nitrogens with zero attached hydrogens (tertiary/aromatic N) is 1. The van der Waals surface area contributed by atoms with Crippen molar-refractivity contribution in [2.45, 2.75) is 18.6 Å². The third-order valence-corrected chi connectivity index (χ3v) is 2.89. The molecule has 1 aromatic rings. The number of rotatable bonds is 3. The summed E-state index contributed by atoms with van der Waals surface area (Å²) in [6.07, 6.45) is 0.516. The van der Waals surface area contributed by atoms with Crippen molar-refractivity contribution >= 4 is 24.2 Å². The lowest BCUT2D eigenvalue weighted by molar-refractivity contribution is -0.117. The highest BCUT2D eigenvalue weighted by molar-refractivity contribution is 7.81. The Morgan fingerprint density at radius 1 is 1.56 bits per heavy atom.